The Morgan fingerprint density at radius 1 is 1.50 bits per heavy atom. The van der Waals surface area contributed by atoms with E-state index in [1.807, 2.05) is 13.8 Å². The molecule has 0 aromatic heterocycles. The van der Waals surface area contributed by atoms with Crippen molar-refractivity contribution in [1.82, 2.24) is 10.2 Å². The zero-order valence-corrected chi connectivity index (χ0v) is 10.4. The normalized spacial score (nSPS) is 20.6. The zero-order valence-electron chi connectivity index (χ0n) is 9.60. The van der Waals surface area contributed by atoms with Gasteiger partial charge in [-0.2, -0.15) is 0 Å². The number of hydrogen-bond donors (Lipinski definition) is 2. The minimum Gasteiger partial charge on any atom is -0.480 e. The molecule has 0 radical (unpaired) electrons. The fraction of sp³-hybridized carbons (Fsp3) is 0.800. The van der Waals surface area contributed by atoms with Crippen molar-refractivity contribution in [2.24, 2.45) is 0 Å². The lowest BCUT2D eigenvalue weighted by Gasteiger charge is -2.20. The Morgan fingerprint density at radius 3 is 2.62 bits per heavy atom. The second-order valence-corrected chi connectivity index (χ2v) is 4.19. The molecule has 0 aromatic carbocycles. The predicted octanol–water partition coefficient (Wildman–Crippen LogP) is 0.482. The predicted molar refractivity (Wildman–Crippen MR) is 62.8 cm³/mol. The van der Waals surface area contributed by atoms with E-state index < -0.39 is 12.0 Å². The molecule has 1 heterocycles. The minimum atomic E-state index is -0.829. The summed E-state index contributed by atoms with van der Waals surface area (Å²) in [5, 5.41) is 11.7. The highest BCUT2D eigenvalue weighted by molar-refractivity contribution is 5.85. The number of hydrogen-bond acceptors (Lipinski definition) is 3. The largest absolute Gasteiger partial charge is 0.480 e. The monoisotopic (exact) mass is 250 g/mol. The van der Waals surface area contributed by atoms with E-state index in [9.17, 15) is 9.59 Å². The van der Waals surface area contributed by atoms with Crippen LogP contribution in [0.25, 0.3) is 0 Å². The number of carbonyl (C=O) groups is 2. The Hall–Kier alpha value is -0.810. The molecule has 0 aromatic rings. The standard InChI is InChI=1S/C10H18N2O3.ClH/c1-7(2)11-9(13)6-12-5-3-4-8(12)10(14)15;/h7-8H,3-6H2,1-2H3,(H,11,13)(H,14,15);1H. The molecule has 1 amide bonds. The van der Waals surface area contributed by atoms with Crippen LogP contribution in [0, 0.1) is 0 Å². The molecule has 1 aliphatic rings. The van der Waals surface area contributed by atoms with Crippen LogP contribution in [-0.2, 0) is 9.59 Å². The molecule has 1 unspecified atom stereocenters. The van der Waals surface area contributed by atoms with Crippen molar-refractivity contribution in [3.05, 3.63) is 0 Å². The summed E-state index contributed by atoms with van der Waals surface area (Å²) in [5.74, 6) is -0.928. The average molecular weight is 251 g/mol. The van der Waals surface area contributed by atoms with Crippen LogP contribution in [0.3, 0.4) is 0 Å². The molecule has 0 spiro atoms. The van der Waals surface area contributed by atoms with Crippen molar-refractivity contribution < 1.29 is 14.7 Å². The highest BCUT2D eigenvalue weighted by Crippen LogP contribution is 2.16. The number of aliphatic carboxylic acids is 1. The highest BCUT2D eigenvalue weighted by Gasteiger charge is 2.31. The molecule has 94 valence electrons. The van der Waals surface area contributed by atoms with Crippen LogP contribution in [0.4, 0.5) is 0 Å². The number of halogens is 1. The summed E-state index contributed by atoms with van der Waals surface area (Å²) in [5.41, 5.74) is 0. The Bertz CT molecular complexity index is 258. The number of nitrogens with zero attached hydrogens (tertiary/aromatic N) is 1. The lowest BCUT2D eigenvalue weighted by molar-refractivity contribution is -0.142. The lowest BCUT2D eigenvalue weighted by Crippen LogP contribution is -2.44. The summed E-state index contributed by atoms with van der Waals surface area (Å²) >= 11 is 0. The lowest BCUT2D eigenvalue weighted by atomic mass is 10.2. The Balaban J connectivity index is 0.00000225. The summed E-state index contributed by atoms with van der Waals surface area (Å²) in [4.78, 5) is 24.0. The molecule has 1 rings (SSSR count). The van der Waals surface area contributed by atoms with E-state index in [2.05, 4.69) is 5.32 Å². The maximum absolute atomic E-state index is 11.4. The molecular weight excluding hydrogens is 232 g/mol. The van der Waals surface area contributed by atoms with Gasteiger partial charge in [0.05, 0.1) is 6.54 Å². The quantitative estimate of drug-likeness (QED) is 0.762. The molecule has 0 aliphatic carbocycles. The van der Waals surface area contributed by atoms with Gasteiger partial charge in [-0.05, 0) is 33.2 Å². The molecule has 1 atom stereocenters. The van der Waals surface area contributed by atoms with Gasteiger partial charge >= 0.3 is 5.97 Å². The zero-order chi connectivity index (χ0) is 11.4. The molecule has 6 heteroatoms. The van der Waals surface area contributed by atoms with Crippen LogP contribution >= 0.6 is 12.4 Å². The molecule has 5 nitrogen and oxygen atoms in total. The number of nitrogens with one attached hydrogen (secondary N) is 1. The summed E-state index contributed by atoms with van der Waals surface area (Å²) in [6.45, 7) is 4.66. The van der Waals surface area contributed by atoms with Gasteiger partial charge in [0.25, 0.3) is 0 Å². The van der Waals surface area contributed by atoms with Gasteiger partial charge in [-0.15, -0.1) is 12.4 Å². The van der Waals surface area contributed by atoms with Crippen molar-refractivity contribution in [1.29, 1.82) is 0 Å². The Morgan fingerprint density at radius 2 is 2.12 bits per heavy atom. The van der Waals surface area contributed by atoms with E-state index in [0.717, 1.165) is 6.42 Å². The molecule has 16 heavy (non-hydrogen) atoms. The SMILES string of the molecule is CC(C)NC(=O)CN1CCCC1C(=O)O.Cl. The van der Waals surface area contributed by atoms with Crippen molar-refractivity contribution >= 4 is 24.3 Å². The van der Waals surface area contributed by atoms with Crippen LogP contribution in [-0.4, -0.2) is 47.1 Å². The fourth-order valence-corrected chi connectivity index (χ4v) is 1.85. The number of rotatable bonds is 4. The van der Waals surface area contributed by atoms with Crippen LogP contribution in [0.2, 0.25) is 0 Å². The van der Waals surface area contributed by atoms with Gasteiger partial charge in [-0.1, -0.05) is 0 Å². The van der Waals surface area contributed by atoms with Crippen LogP contribution in [0.15, 0.2) is 0 Å². The van der Waals surface area contributed by atoms with Crippen molar-refractivity contribution in [2.75, 3.05) is 13.1 Å². The smallest absolute Gasteiger partial charge is 0.320 e. The Labute approximate surface area is 102 Å². The first-order chi connectivity index (χ1) is 7.00. The second-order valence-electron chi connectivity index (χ2n) is 4.19. The van der Waals surface area contributed by atoms with Crippen LogP contribution in [0.1, 0.15) is 26.7 Å². The highest BCUT2D eigenvalue weighted by atomic mass is 35.5. The van der Waals surface area contributed by atoms with Gasteiger partial charge in [-0.25, -0.2) is 0 Å². The van der Waals surface area contributed by atoms with E-state index in [1.165, 1.54) is 0 Å². The first-order valence-corrected chi connectivity index (χ1v) is 5.27. The van der Waals surface area contributed by atoms with E-state index in [4.69, 9.17) is 5.11 Å². The maximum atomic E-state index is 11.4. The van der Waals surface area contributed by atoms with E-state index >= 15 is 0 Å². The van der Waals surface area contributed by atoms with Gasteiger partial charge in [0, 0.05) is 6.04 Å². The summed E-state index contributed by atoms with van der Waals surface area (Å²) in [7, 11) is 0. The minimum absolute atomic E-state index is 0. The van der Waals surface area contributed by atoms with E-state index in [-0.39, 0.29) is 30.9 Å². The van der Waals surface area contributed by atoms with Gasteiger partial charge in [0.15, 0.2) is 0 Å². The third-order valence-electron chi connectivity index (χ3n) is 2.45. The number of carboxylic acid groups (broad SMARTS) is 1. The first-order valence-electron chi connectivity index (χ1n) is 5.27. The molecule has 1 fully saturated rings. The van der Waals surface area contributed by atoms with Crippen LogP contribution < -0.4 is 5.32 Å². The van der Waals surface area contributed by atoms with Gasteiger partial charge in [0.2, 0.25) is 5.91 Å². The summed E-state index contributed by atoms with van der Waals surface area (Å²) in [6, 6.07) is -0.383. The van der Waals surface area contributed by atoms with Gasteiger partial charge in [0.1, 0.15) is 6.04 Å². The van der Waals surface area contributed by atoms with Crippen molar-refractivity contribution in [3.63, 3.8) is 0 Å². The second kappa shape index (κ2) is 6.70. The average Bonchev–Trinajstić information content (AvgIpc) is 2.50. The fourth-order valence-electron chi connectivity index (χ4n) is 1.85. The Kier molecular flexibility index (Phi) is 6.36. The van der Waals surface area contributed by atoms with Gasteiger partial charge in [-0.3, -0.25) is 14.5 Å². The first kappa shape index (κ1) is 15.2. The number of amides is 1. The van der Waals surface area contributed by atoms with Crippen molar-refractivity contribution in [2.45, 2.75) is 38.8 Å². The maximum Gasteiger partial charge on any atom is 0.320 e. The van der Waals surface area contributed by atoms with Crippen molar-refractivity contribution in [3.8, 4) is 0 Å². The number of carbonyl (C=O) groups excluding carboxylic acids is 1. The molecule has 1 aliphatic heterocycles. The van der Waals surface area contributed by atoms with E-state index in [0.29, 0.717) is 13.0 Å². The molecule has 0 saturated carbocycles. The molecule has 1 saturated heterocycles. The third kappa shape index (κ3) is 4.37. The van der Waals surface area contributed by atoms with Gasteiger partial charge < -0.3 is 10.4 Å². The number of carboxylic acids is 1. The third-order valence-corrected chi connectivity index (χ3v) is 2.45. The summed E-state index contributed by atoms with van der Waals surface area (Å²) in [6.07, 6.45) is 1.50. The molecule has 2 N–H and O–H groups in total. The van der Waals surface area contributed by atoms with E-state index in [1.54, 1.807) is 4.90 Å². The topological polar surface area (TPSA) is 69.6 Å². The summed E-state index contributed by atoms with van der Waals surface area (Å²) < 4.78 is 0. The number of likely N-dealkylation sites (tertiary alicyclic amines) is 1. The van der Waals surface area contributed by atoms with Crippen LogP contribution in [0.5, 0.6) is 0 Å². The molecule has 0 bridgehead atoms. The molecular formula is C10H19ClN2O3.